The molecule has 0 amide bonds. The van der Waals surface area contributed by atoms with Crippen LogP contribution in [0.2, 0.25) is 0 Å². The first-order valence-electron chi connectivity index (χ1n) is 7.30. The van der Waals surface area contributed by atoms with Crippen molar-refractivity contribution in [3.05, 3.63) is 23.3 Å². The Labute approximate surface area is 130 Å². The van der Waals surface area contributed by atoms with Gasteiger partial charge in [-0.05, 0) is 25.8 Å². The second-order valence-corrected chi connectivity index (χ2v) is 7.55. The third-order valence-electron chi connectivity index (χ3n) is 3.73. The summed E-state index contributed by atoms with van der Waals surface area (Å²) in [6.45, 7) is 2.23. The predicted octanol–water partition coefficient (Wildman–Crippen LogP) is 1.29. The first kappa shape index (κ1) is 16.8. The van der Waals surface area contributed by atoms with Crippen molar-refractivity contribution in [2.24, 2.45) is 0 Å². The van der Waals surface area contributed by atoms with E-state index in [-0.39, 0.29) is 12.5 Å². The first-order chi connectivity index (χ1) is 10.3. The summed E-state index contributed by atoms with van der Waals surface area (Å²) in [5.41, 5.74) is 1.31. The summed E-state index contributed by atoms with van der Waals surface area (Å²) in [5.74, 6) is -0.342. The van der Waals surface area contributed by atoms with Gasteiger partial charge in [0.05, 0.1) is 24.4 Å². The molecular weight excluding hydrogens is 306 g/mol. The van der Waals surface area contributed by atoms with Crippen LogP contribution in [0.3, 0.4) is 0 Å². The maximum absolute atomic E-state index is 12.0. The number of carbonyl (C=O) groups is 1. The van der Waals surface area contributed by atoms with Crippen LogP contribution >= 0.6 is 0 Å². The third-order valence-corrected chi connectivity index (χ3v) is 5.02. The molecule has 122 valence electrons. The van der Waals surface area contributed by atoms with Gasteiger partial charge in [-0.15, -0.1) is 0 Å². The Morgan fingerprint density at radius 2 is 2.14 bits per heavy atom. The number of carboxylic acid groups (broad SMARTS) is 1. The van der Waals surface area contributed by atoms with E-state index in [1.165, 1.54) is 10.6 Å². The number of rotatable bonds is 5. The fourth-order valence-electron chi connectivity index (χ4n) is 2.79. The van der Waals surface area contributed by atoms with Crippen molar-refractivity contribution in [1.29, 1.82) is 0 Å². The minimum atomic E-state index is -3.30. The van der Waals surface area contributed by atoms with Gasteiger partial charge in [-0.25, -0.2) is 18.4 Å². The summed E-state index contributed by atoms with van der Waals surface area (Å²) < 4.78 is 25.4. The van der Waals surface area contributed by atoms with Crippen LogP contribution in [0.15, 0.2) is 6.07 Å². The van der Waals surface area contributed by atoms with Gasteiger partial charge in [0, 0.05) is 18.7 Å². The van der Waals surface area contributed by atoms with E-state index in [0.29, 0.717) is 30.2 Å². The normalized spacial score (nSPS) is 20.0. The minimum Gasteiger partial charge on any atom is -0.481 e. The zero-order valence-electron chi connectivity index (χ0n) is 12.8. The molecule has 0 aromatic carbocycles. The molecule has 1 aliphatic heterocycles. The fraction of sp³-hybridized carbons (Fsp3) is 0.643. The summed E-state index contributed by atoms with van der Waals surface area (Å²) in [4.78, 5) is 19.3. The number of piperidine rings is 1. The topological polar surface area (TPSA) is 100 Å². The lowest BCUT2D eigenvalue weighted by atomic mass is 10.0. The monoisotopic (exact) mass is 327 g/mol. The third kappa shape index (κ3) is 4.23. The van der Waals surface area contributed by atoms with Crippen LogP contribution in [0.5, 0.6) is 0 Å². The van der Waals surface area contributed by atoms with Gasteiger partial charge in [-0.2, -0.15) is 4.31 Å². The highest BCUT2D eigenvalue weighted by molar-refractivity contribution is 7.88. The molecule has 0 spiro atoms. The van der Waals surface area contributed by atoms with E-state index in [4.69, 9.17) is 5.11 Å². The van der Waals surface area contributed by atoms with Crippen LogP contribution in [-0.4, -0.2) is 46.6 Å². The molecule has 1 fully saturated rings. The minimum absolute atomic E-state index is 0.00362. The van der Waals surface area contributed by atoms with E-state index in [1.54, 1.807) is 13.0 Å². The van der Waals surface area contributed by atoms with E-state index < -0.39 is 16.0 Å². The highest BCUT2D eigenvalue weighted by atomic mass is 32.2. The lowest BCUT2D eigenvalue weighted by Crippen LogP contribution is -2.38. The number of hydrogen-bond donors (Lipinski definition) is 1. The molecule has 0 aliphatic carbocycles. The lowest BCUT2D eigenvalue weighted by molar-refractivity contribution is -0.136. The maximum atomic E-state index is 12.0. The quantitative estimate of drug-likeness (QED) is 0.874. The molecule has 0 bridgehead atoms. The van der Waals surface area contributed by atoms with Gasteiger partial charge in [0.2, 0.25) is 10.0 Å². The maximum Gasteiger partial charge on any atom is 0.303 e. The van der Waals surface area contributed by atoms with Crippen molar-refractivity contribution in [3.63, 3.8) is 0 Å². The number of aryl methyl sites for hydroxylation is 2. The molecule has 1 aromatic rings. The summed E-state index contributed by atoms with van der Waals surface area (Å²) in [5, 5.41) is 8.78. The Hall–Kier alpha value is -1.54. The number of aromatic nitrogens is 2. The van der Waals surface area contributed by atoms with Crippen molar-refractivity contribution in [2.75, 3.05) is 12.8 Å². The van der Waals surface area contributed by atoms with Crippen LogP contribution in [0.4, 0.5) is 0 Å². The highest BCUT2D eigenvalue weighted by Crippen LogP contribution is 2.32. The van der Waals surface area contributed by atoms with Crippen molar-refractivity contribution in [3.8, 4) is 0 Å². The summed E-state index contributed by atoms with van der Waals surface area (Å²) in [6, 6.07) is 1.46. The van der Waals surface area contributed by atoms with Gasteiger partial charge < -0.3 is 5.11 Å². The van der Waals surface area contributed by atoms with Crippen LogP contribution < -0.4 is 0 Å². The zero-order chi connectivity index (χ0) is 16.3. The molecule has 0 saturated carbocycles. The molecule has 1 aromatic heterocycles. The molecule has 8 heteroatoms. The number of aliphatic carboxylic acids is 1. The van der Waals surface area contributed by atoms with Gasteiger partial charge >= 0.3 is 5.97 Å². The lowest BCUT2D eigenvalue weighted by Gasteiger charge is -2.33. The molecule has 2 heterocycles. The highest BCUT2D eigenvalue weighted by Gasteiger charge is 2.31. The zero-order valence-corrected chi connectivity index (χ0v) is 13.6. The van der Waals surface area contributed by atoms with Gasteiger partial charge in [0.1, 0.15) is 5.82 Å². The Morgan fingerprint density at radius 1 is 1.41 bits per heavy atom. The van der Waals surface area contributed by atoms with Crippen molar-refractivity contribution in [1.82, 2.24) is 14.3 Å². The van der Waals surface area contributed by atoms with E-state index in [1.807, 2.05) is 0 Å². The van der Waals surface area contributed by atoms with E-state index in [9.17, 15) is 13.2 Å². The van der Waals surface area contributed by atoms with Crippen LogP contribution in [0.25, 0.3) is 0 Å². The molecule has 1 atom stereocenters. The van der Waals surface area contributed by atoms with Gasteiger partial charge in [-0.1, -0.05) is 6.42 Å². The first-order valence-corrected chi connectivity index (χ1v) is 9.15. The smallest absolute Gasteiger partial charge is 0.303 e. The van der Waals surface area contributed by atoms with Crippen LogP contribution in [0, 0.1) is 6.92 Å². The van der Waals surface area contributed by atoms with Crippen LogP contribution in [0.1, 0.15) is 48.9 Å². The predicted molar refractivity (Wildman–Crippen MR) is 80.9 cm³/mol. The molecule has 22 heavy (non-hydrogen) atoms. The SMILES string of the molecule is Cc1nc(CCC(=O)O)cc(C2CCCCN2S(C)(=O)=O)n1. The number of carboxylic acids is 1. The Kier molecular flexibility index (Phi) is 5.12. The van der Waals surface area contributed by atoms with Crippen molar-refractivity contribution < 1.29 is 18.3 Å². The molecule has 7 nitrogen and oxygen atoms in total. The van der Waals surface area contributed by atoms with Crippen LogP contribution in [-0.2, 0) is 21.2 Å². The number of nitrogens with zero attached hydrogens (tertiary/aromatic N) is 3. The largest absolute Gasteiger partial charge is 0.481 e. The van der Waals surface area contributed by atoms with E-state index in [0.717, 1.165) is 19.3 Å². The molecule has 1 N–H and O–H groups in total. The molecular formula is C14H21N3O4S. The second-order valence-electron chi connectivity index (χ2n) is 5.61. The standard InChI is InChI=1S/C14H21N3O4S/c1-10-15-11(6-7-14(18)19)9-12(16-10)13-5-3-4-8-17(13)22(2,20)21/h9,13H,3-8H2,1-2H3,(H,18,19). The summed E-state index contributed by atoms with van der Waals surface area (Å²) in [7, 11) is -3.30. The molecule has 1 unspecified atom stereocenters. The Balaban J connectivity index is 2.31. The fourth-order valence-corrected chi connectivity index (χ4v) is 3.92. The molecule has 1 aliphatic rings. The van der Waals surface area contributed by atoms with Crippen molar-refractivity contribution in [2.45, 2.75) is 45.1 Å². The molecule has 2 rings (SSSR count). The Bertz CT molecular complexity index is 660. The number of hydrogen-bond acceptors (Lipinski definition) is 5. The average Bonchev–Trinajstić information content (AvgIpc) is 2.43. The second kappa shape index (κ2) is 6.70. The van der Waals surface area contributed by atoms with Gasteiger partial charge in [0.25, 0.3) is 0 Å². The van der Waals surface area contributed by atoms with E-state index >= 15 is 0 Å². The summed E-state index contributed by atoms with van der Waals surface area (Å²) >= 11 is 0. The Morgan fingerprint density at radius 3 is 2.77 bits per heavy atom. The molecule has 1 saturated heterocycles. The van der Waals surface area contributed by atoms with Gasteiger partial charge in [-0.3, -0.25) is 4.79 Å². The average molecular weight is 327 g/mol. The van der Waals surface area contributed by atoms with Gasteiger partial charge in [0.15, 0.2) is 0 Å². The molecule has 0 radical (unpaired) electrons. The number of sulfonamides is 1. The summed E-state index contributed by atoms with van der Waals surface area (Å²) in [6.07, 6.45) is 4.05. The van der Waals surface area contributed by atoms with E-state index in [2.05, 4.69) is 9.97 Å². The van der Waals surface area contributed by atoms with Crippen molar-refractivity contribution >= 4 is 16.0 Å².